The Morgan fingerprint density at radius 3 is 2.83 bits per heavy atom. The van der Waals surface area contributed by atoms with Crippen molar-refractivity contribution in [3.05, 3.63) is 70.8 Å². The average molecular weight is 421 g/mol. The topological polar surface area (TPSA) is 102 Å². The summed E-state index contributed by atoms with van der Waals surface area (Å²) in [5, 5.41) is 12.9. The Bertz CT molecular complexity index is 1170. The number of phenols is 1. The highest BCUT2D eigenvalue weighted by molar-refractivity contribution is 8.18. The third-order valence-corrected chi connectivity index (χ3v) is 5.64. The molecule has 3 N–H and O–H groups in total. The van der Waals surface area contributed by atoms with Gasteiger partial charge in [0.15, 0.2) is 0 Å². The molecule has 3 aromatic rings. The van der Waals surface area contributed by atoms with Crippen molar-refractivity contribution in [2.75, 3.05) is 13.1 Å². The molecule has 30 heavy (non-hydrogen) atoms. The van der Waals surface area contributed by atoms with Gasteiger partial charge in [0.2, 0.25) is 5.91 Å². The van der Waals surface area contributed by atoms with Gasteiger partial charge in [-0.05, 0) is 53.6 Å². The van der Waals surface area contributed by atoms with Crippen molar-refractivity contribution < 1.29 is 19.5 Å². The summed E-state index contributed by atoms with van der Waals surface area (Å²) in [6.45, 7) is 0.0754. The molecule has 0 spiro atoms. The molecule has 0 unspecified atom stereocenters. The Kier molecular flexibility index (Phi) is 5.58. The molecule has 3 amide bonds. The van der Waals surface area contributed by atoms with Gasteiger partial charge in [0.25, 0.3) is 11.1 Å². The number of amides is 3. The number of para-hydroxylation sites is 1. The number of rotatable bonds is 6. The van der Waals surface area contributed by atoms with Crippen LogP contribution in [0.4, 0.5) is 4.79 Å². The molecule has 2 aromatic carbocycles. The van der Waals surface area contributed by atoms with Gasteiger partial charge < -0.3 is 15.4 Å². The van der Waals surface area contributed by atoms with Gasteiger partial charge in [0, 0.05) is 23.6 Å². The lowest BCUT2D eigenvalue weighted by Gasteiger charge is -2.12. The number of fused-ring (bicyclic) bond motifs is 1. The van der Waals surface area contributed by atoms with Crippen LogP contribution in [0.15, 0.2) is 59.6 Å². The summed E-state index contributed by atoms with van der Waals surface area (Å²) in [6.07, 6.45) is 4.08. The summed E-state index contributed by atoms with van der Waals surface area (Å²) < 4.78 is 0. The molecular weight excluding hydrogens is 402 g/mol. The van der Waals surface area contributed by atoms with Crippen LogP contribution in [0.5, 0.6) is 5.75 Å². The Morgan fingerprint density at radius 2 is 2.00 bits per heavy atom. The summed E-state index contributed by atoms with van der Waals surface area (Å²) >= 11 is 0.781. The van der Waals surface area contributed by atoms with Crippen molar-refractivity contribution in [3.8, 4) is 5.75 Å². The molecule has 8 heteroatoms. The number of hydrogen-bond donors (Lipinski definition) is 3. The van der Waals surface area contributed by atoms with E-state index in [-0.39, 0.29) is 17.2 Å². The van der Waals surface area contributed by atoms with E-state index in [0.29, 0.717) is 18.5 Å². The van der Waals surface area contributed by atoms with Crippen LogP contribution in [0.1, 0.15) is 11.1 Å². The summed E-state index contributed by atoms with van der Waals surface area (Å²) in [5.41, 5.74) is 2.73. The number of phenolic OH excluding ortho intramolecular Hbond substituents is 1. The highest BCUT2D eigenvalue weighted by atomic mass is 32.2. The van der Waals surface area contributed by atoms with Gasteiger partial charge in [-0.3, -0.25) is 19.3 Å². The molecule has 0 saturated carbocycles. The Morgan fingerprint density at radius 1 is 1.17 bits per heavy atom. The monoisotopic (exact) mass is 421 g/mol. The number of benzene rings is 2. The van der Waals surface area contributed by atoms with E-state index in [4.69, 9.17) is 0 Å². The van der Waals surface area contributed by atoms with Crippen LogP contribution in [-0.2, 0) is 16.0 Å². The second-order valence-electron chi connectivity index (χ2n) is 6.82. The minimum absolute atomic E-state index is 0.0672. The molecule has 0 atom stereocenters. The molecule has 1 saturated heterocycles. The van der Waals surface area contributed by atoms with Gasteiger partial charge in [-0.15, -0.1) is 0 Å². The van der Waals surface area contributed by atoms with Gasteiger partial charge in [0.05, 0.1) is 4.91 Å². The first-order chi connectivity index (χ1) is 14.5. The van der Waals surface area contributed by atoms with Crippen LogP contribution in [0.25, 0.3) is 17.0 Å². The van der Waals surface area contributed by atoms with Crippen molar-refractivity contribution in [1.82, 2.24) is 15.2 Å². The number of hydrogen-bond acceptors (Lipinski definition) is 5. The first kappa shape index (κ1) is 19.8. The predicted molar refractivity (Wildman–Crippen MR) is 116 cm³/mol. The molecule has 7 nitrogen and oxygen atoms in total. The van der Waals surface area contributed by atoms with Gasteiger partial charge in [-0.25, -0.2) is 0 Å². The van der Waals surface area contributed by atoms with E-state index in [1.54, 1.807) is 12.1 Å². The SMILES string of the molecule is O=C(CN1C(=O)S/C(=C\c2cccc(O)c2)C1=O)NCCc1c[nH]c2ccccc12. The van der Waals surface area contributed by atoms with Crippen molar-refractivity contribution in [2.45, 2.75) is 6.42 Å². The maximum atomic E-state index is 12.5. The highest BCUT2D eigenvalue weighted by Gasteiger charge is 2.36. The minimum Gasteiger partial charge on any atom is -0.508 e. The van der Waals surface area contributed by atoms with Crippen molar-refractivity contribution in [1.29, 1.82) is 0 Å². The van der Waals surface area contributed by atoms with Crippen LogP contribution in [0, 0.1) is 0 Å². The number of imide groups is 1. The first-order valence-corrected chi connectivity index (χ1v) is 10.2. The van der Waals surface area contributed by atoms with Gasteiger partial charge in [0.1, 0.15) is 12.3 Å². The standard InChI is InChI=1S/C22H19N3O4S/c26-16-5-3-4-14(10-16)11-19-21(28)25(22(29)30-19)13-20(27)23-9-8-15-12-24-18-7-2-1-6-17(15)18/h1-7,10-12,24,26H,8-9,13H2,(H,23,27)/b19-11-. The van der Waals surface area contributed by atoms with Crippen LogP contribution in [-0.4, -0.2) is 45.1 Å². The molecule has 1 aliphatic rings. The van der Waals surface area contributed by atoms with E-state index in [1.165, 1.54) is 18.2 Å². The highest BCUT2D eigenvalue weighted by Crippen LogP contribution is 2.32. The quantitative estimate of drug-likeness (QED) is 0.530. The van der Waals surface area contributed by atoms with E-state index in [1.807, 2.05) is 30.5 Å². The van der Waals surface area contributed by atoms with Crippen LogP contribution in [0.2, 0.25) is 0 Å². The van der Waals surface area contributed by atoms with Gasteiger partial charge in [-0.1, -0.05) is 30.3 Å². The number of H-pyrrole nitrogens is 1. The maximum Gasteiger partial charge on any atom is 0.294 e. The van der Waals surface area contributed by atoms with Crippen molar-refractivity contribution in [3.63, 3.8) is 0 Å². The van der Waals surface area contributed by atoms with E-state index in [2.05, 4.69) is 10.3 Å². The number of aromatic hydroxyl groups is 1. The Labute approximate surface area is 176 Å². The zero-order chi connectivity index (χ0) is 21.1. The summed E-state index contributed by atoms with van der Waals surface area (Å²) in [7, 11) is 0. The third-order valence-electron chi connectivity index (χ3n) is 4.73. The lowest BCUT2D eigenvalue weighted by atomic mass is 10.1. The molecule has 0 aliphatic carbocycles. The number of carbonyl (C=O) groups excluding carboxylic acids is 3. The molecule has 1 aromatic heterocycles. The van der Waals surface area contributed by atoms with Crippen LogP contribution < -0.4 is 5.32 Å². The van der Waals surface area contributed by atoms with Crippen LogP contribution in [0.3, 0.4) is 0 Å². The second kappa shape index (κ2) is 8.46. The molecular formula is C22H19N3O4S. The minimum atomic E-state index is -0.514. The second-order valence-corrected chi connectivity index (χ2v) is 7.82. The zero-order valence-electron chi connectivity index (χ0n) is 15.9. The number of carbonyl (C=O) groups is 3. The smallest absolute Gasteiger partial charge is 0.294 e. The lowest BCUT2D eigenvalue weighted by molar-refractivity contribution is -0.129. The number of nitrogens with zero attached hydrogens (tertiary/aromatic N) is 1. The fraction of sp³-hybridized carbons (Fsp3) is 0.136. The molecule has 0 radical (unpaired) electrons. The van der Waals surface area contributed by atoms with E-state index in [9.17, 15) is 19.5 Å². The Balaban J connectivity index is 1.34. The maximum absolute atomic E-state index is 12.5. The van der Waals surface area contributed by atoms with Crippen LogP contribution >= 0.6 is 11.8 Å². The number of aromatic nitrogens is 1. The molecule has 1 fully saturated rings. The largest absolute Gasteiger partial charge is 0.508 e. The predicted octanol–water partition coefficient (Wildman–Crippen LogP) is 3.27. The van der Waals surface area contributed by atoms with E-state index >= 15 is 0 Å². The summed E-state index contributed by atoms with van der Waals surface area (Å²) in [5.74, 6) is -0.839. The number of aromatic amines is 1. The zero-order valence-corrected chi connectivity index (χ0v) is 16.7. The van der Waals surface area contributed by atoms with Crippen molar-refractivity contribution in [2.24, 2.45) is 0 Å². The van der Waals surface area contributed by atoms with Gasteiger partial charge >= 0.3 is 0 Å². The van der Waals surface area contributed by atoms with Crippen molar-refractivity contribution >= 4 is 45.8 Å². The van der Waals surface area contributed by atoms with Gasteiger partial charge in [-0.2, -0.15) is 0 Å². The summed E-state index contributed by atoms with van der Waals surface area (Å²) in [6, 6.07) is 14.3. The summed E-state index contributed by atoms with van der Waals surface area (Å²) in [4.78, 5) is 41.3. The normalized spacial score (nSPS) is 15.3. The number of nitrogens with one attached hydrogen (secondary N) is 2. The number of thioether (sulfide) groups is 1. The fourth-order valence-corrected chi connectivity index (χ4v) is 4.12. The molecule has 4 rings (SSSR count). The average Bonchev–Trinajstić information content (AvgIpc) is 3.24. The van der Waals surface area contributed by atoms with E-state index in [0.717, 1.165) is 33.1 Å². The fourth-order valence-electron chi connectivity index (χ4n) is 3.28. The molecule has 2 heterocycles. The lowest BCUT2D eigenvalue weighted by Crippen LogP contribution is -2.40. The Hall–Kier alpha value is -3.52. The molecule has 1 aliphatic heterocycles. The molecule has 152 valence electrons. The first-order valence-electron chi connectivity index (χ1n) is 9.37. The molecule has 0 bridgehead atoms. The van der Waals surface area contributed by atoms with E-state index < -0.39 is 17.1 Å². The third kappa shape index (κ3) is 4.23.